The molecule has 0 N–H and O–H groups in total. The van der Waals surface area contributed by atoms with E-state index in [0.29, 0.717) is 0 Å². The van der Waals surface area contributed by atoms with Crippen LogP contribution in [-0.2, 0) is 13.5 Å². The van der Waals surface area contributed by atoms with Crippen molar-refractivity contribution in [1.29, 1.82) is 0 Å². The van der Waals surface area contributed by atoms with Crippen molar-refractivity contribution in [1.82, 2.24) is 19.3 Å². The Morgan fingerprint density at radius 2 is 2.14 bits per heavy atom. The second kappa shape index (κ2) is 5.46. The van der Waals surface area contributed by atoms with Crippen molar-refractivity contribution >= 4 is 34.1 Å². The molecule has 3 heterocycles. The van der Waals surface area contributed by atoms with Gasteiger partial charge in [-0.05, 0) is 49.6 Å². The largest absolute Gasteiger partial charge is 0.308 e. The van der Waals surface area contributed by atoms with Crippen molar-refractivity contribution in [2.75, 3.05) is 0 Å². The summed E-state index contributed by atoms with van der Waals surface area (Å²) in [6.07, 6.45) is 0.968. The smallest absolute Gasteiger partial charge is 0.158 e. The van der Waals surface area contributed by atoms with Crippen molar-refractivity contribution in [2.24, 2.45) is 7.05 Å². The molecule has 2 atom stereocenters. The maximum Gasteiger partial charge on any atom is 0.158 e. The first kappa shape index (κ1) is 14.6. The highest BCUT2D eigenvalue weighted by Gasteiger charge is 2.23. The van der Waals surface area contributed by atoms with Crippen LogP contribution in [0.4, 0.5) is 0 Å². The van der Waals surface area contributed by atoms with Gasteiger partial charge in [0.05, 0.1) is 11.1 Å². The fourth-order valence-electron chi connectivity index (χ4n) is 2.87. The van der Waals surface area contributed by atoms with Crippen molar-refractivity contribution in [3.63, 3.8) is 0 Å². The first-order chi connectivity index (χ1) is 9.99. The SMILES string of the molecule is Cc1nn(C)c2c1nc(C(C)Cl)n2C(C)Cc1ccsc1. The average Bonchev–Trinajstić information content (AvgIpc) is 3.08. The molecular weight excluding hydrogens is 304 g/mol. The minimum absolute atomic E-state index is 0.123. The molecule has 0 aliphatic heterocycles. The molecule has 0 fully saturated rings. The van der Waals surface area contributed by atoms with Gasteiger partial charge in [0.15, 0.2) is 5.65 Å². The number of thiophene rings is 1. The van der Waals surface area contributed by atoms with Gasteiger partial charge < -0.3 is 4.57 Å². The van der Waals surface area contributed by atoms with Crippen molar-refractivity contribution in [3.05, 3.63) is 33.9 Å². The third kappa shape index (κ3) is 2.49. The van der Waals surface area contributed by atoms with E-state index in [1.165, 1.54) is 5.56 Å². The van der Waals surface area contributed by atoms with E-state index >= 15 is 0 Å². The van der Waals surface area contributed by atoms with E-state index in [4.69, 9.17) is 16.6 Å². The van der Waals surface area contributed by atoms with Gasteiger partial charge in [0, 0.05) is 13.1 Å². The summed E-state index contributed by atoms with van der Waals surface area (Å²) in [4.78, 5) is 4.73. The standard InChI is InChI=1S/C15H19ClN4S/c1-9(7-12-5-6-21-8-12)20-14(10(2)16)17-13-11(3)18-19(4)15(13)20/h5-6,8-10H,7H2,1-4H3. The van der Waals surface area contributed by atoms with Crippen molar-refractivity contribution in [3.8, 4) is 0 Å². The number of rotatable bonds is 4. The highest BCUT2D eigenvalue weighted by atomic mass is 35.5. The number of imidazole rings is 1. The Labute approximate surface area is 133 Å². The Hall–Kier alpha value is -1.33. The summed E-state index contributed by atoms with van der Waals surface area (Å²) < 4.78 is 4.15. The zero-order chi connectivity index (χ0) is 15.1. The van der Waals surface area contributed by atoms with Crippen molar-refractivity contribution in [2.45, 2.75) is 38.6 Å². The van der Waals surface area contributed by atoms with Crippen LogP contribution in [0.2, 0.25) is 0 Å². The summed E-state index contributed by atoms with van der Waals surface area (Å²) in [5.41, 5.74) is 4.31. The van der Waals surface area contributed by atoms with Gasteiger partial charge in [0.2, 0.25) is 0 Å². The molecule has 0 spiro atoms. The third-order valence-corrected chi connectivity index (χ3v) is 4.70. The molecule has 0 aliphatic rings. The van der Waals surface area contributed by atoms with Crippen LogP contribution in [0.5, 0.6) is 0 Å². The topological polar surface area (TPSA) is 35.6 Å². The van der Waals surface area contributed by atoms with E-state index < -0.39 is 0 Å². The van der Waals surface area contributed by atoms with Gasteiger partial charge in [-0.15, -0.1) is 11.6 Å². The van der Waals surface area contributed by atoms with E-state index in [-0.39, 0.29) is 11.4 Å². The zero-order valence-electron chi connectivity index (χ0n) is 12.7. The van der Waals surface area contributed by atoms with Crippen LogP contribution in [0.3, 0.4) is 0 Å². The Bertz CT molecular complexity index is 754. The van der Waals surface area contributed by atoms with Gasteiger partial charge in [0.25, 0.3) is 0 Å². The molecular formula is C15H19ClN4S. The van der Waals surface area contributed by atoms with Crippen LogP contribution in [0.1, 0.15) is 42.3 Å². The molecule has 3 aromatic rings. The second-order valence-corrected chi connectivity index (χ2v) is 6.96. The van der Waals surface area contributed by atoms with Crippen LogP contribution < -0.4 is 0 Å². The molecule has 4 nitrogen and oxygen atoms in total. The predicted molar refractivity (Wildman–Crippen MR) is 88.2 cm³/mol. The lowest BCUT2D eigenvalue weighted by Gasteiger charge is -2.18. The van der Waals surface area contributed by atoms with E-state index in [9.17, 15) is 0 Å². The molecule has 0 saturated heterocycles. The summed E-state index contributed by atoms with van der Waals surface area (Å²) in [5.74, 6) is 0.922. The Balaban J connectivity index is 2.12. The van der Waals surface area contributed by atoms with Gasteiger partial charge >= 0.3 is 0 Å². The van der Waals surface area contributed by atoms with Gasteiger partial charge in [-0.25, -0.2) is 4.98 Å². The normalized spacial score (nSPS) is 14.7. The van der Waals surface area contributed by atoms with Gasteiger partial charge in [-0.2, -0.15) is 16.4 Å². The Morgan fingerprint density at radius 1 is 1.38 bits per heavy atom. The second-order valence-electron chi connectivity index (χ2n) is 5.52. The van der Waals surface area contributed by atoms with E-state index in [1.807, 2.05) is 25.6 Å². The average molecular weight is 323 g/mol. The summed E-state index contributed by atoms with van der Waals surface area (Å²) in [7, 11) is 1.97. The molecule has 21 heavy (non-hydrogen) atoms. The monoisotopic (exact) mass is 322 g/mol. The van der Waals surface area contributed by atoms with Gasteiger partial charge in [0.1, 0.15) is 11.3 Å². The molecule has 0 saturated carbocycles. The molecule has 3 rings (SSSR count). The lowest BCUT2D eigenvalue weighted by molar-refractivity contribution is 0.522. The highest BCUT2D eigenvalue weighted by molar-refractivity contribution is 7.07. The number of halogens is 1. The summed E-state index contributed by atoms with van der Waals surface area (Å²) in [6.45, 7) is 6.18. The first-order valence-corrected chi connectivity index (χ1v) is 8.43. The highest BCUT2D eigenvalue weighted by Crippen LogP contribution is 2.30. The Kier molecular flexibility index (Phi) is 3.80. The van der Waals surface area contributed by atoms with Crippen LogP contribution in [-0.4, -0.2) is 19.3 Å². The number of hydrogen-bond donors (Lipinski definition) is 0. The maximum absolute atomic E-state index is 6.36. The molecule has 3 aromatic heterocycles. The molecule has 0 bridgehead atoms. The van der Waals surface area contributed by atoms with Crippen LogP contribution in [0.15, 0.2) is 16.8 Å². The summed E-state index contributed by atoms with van der Waals surface area (Å²) in [6, 6.07) is 2.46. The van der Waals surface area contributed by atoms with Crippen LogP contribution in [0, 0.1) is 6.92 Å². The zero-order valence-corrected chi connectivity index (χ0v) is 14.2. The summed E-state index contributed by atoms with van der Waals surface area (Å²) in [5, 5.41) is 8.67. The third-order valence-electron chi connectivity index (χ3n) is 3.77. The van der Waals surface area contributed by atoms with Crippen LogP contribution >= 0.6 is 22.9 Å². The molecule has 2 unspecified atom stereocenters. The Morgan fingerprint density at radius 3 is 2.76 bits per heavy atom. The molecule has 0 aliphatic carbocycles. The number of aromatic nitrogens is 4. The van der Waals surface area contributed by atoms with Crippen molar-refractivity contribution < 1.29 is 0 Å². The number of hydrogen-bond acceptors (Lipinski definition) is 3. The molecule has 6 heteroatoms. The minimum Gasteiger partial charge on any atom is -0.308 e. The maximum atomic E-state index is 6.36. The van der Waals surface area contributed by atoms with E-state index in [2.05, 4.69) is 33.4 Å². The van der Waals surface area contributed by atoms with Gasteiger partial charge in [-0.3, -0.25) is 4.68 Å². The van der Waals surface area contributed by atoms with Gasteiger partial charge in [-0.1, -0.05) is 0 Å². The number of aryl methyl sites for hydroxylation is 2. The first-order valence-electron chi connectivity index (χ1n) is 7.05. The number of alkyl halides is 1. The fraction of sp³-hybridized carbons (Fsp3) is 0.467. The number of fused-ring (bicyclic) bond motifs is 1. The molecule has 112 valence electrons. The number of nitrogens with zero attached hydrogens (tertiary/aromatic N) is 4. The molecule has 0 aromatic carbocycles. The van der Waals surface area contributed by atoms with Crippen LogP contribution in [0.25, 0.3) is 11.2 Å². The fourth-order valence-corrected chi connectivity index (χ4v) is 3.70. The summed E-state index contributed by atoms with van der Waals surface area (Å²) >= 11 is 8.09. The van der Waals surface area contributed by atoms with E-state index in [0.717, 1.165) is 29.1 Å². The predicted octanol–water partition coefficient (Wildman–Crippen LogP) is 4.24. The quantitative estimate of drug-likeness (QED) is 0.673. The molecule has 0 radical (unpaired) electrons. The minimum atomic E-state index is -0.123. The lowest BCUT2D eigenvalue weighted by atomic mass is 10.1. The molecule has 0 amide bonds. The van der Waals surface area contributed by atoms with E-state index in [1.54, 1.807) is 11.3 Å². The lowest BCUT2D eigenvalue weighted by Crippen LogP contribution is -2.14.